The van der Waals surface area contributed by atoms with Gasteiger partial charge in [-0.05, 0) is 124 Å². The first-order chi connectivity index (χ1) is 41.7. The maximum Gasteiger partial charge on any atom is 0.179 e. The van der Waals surface area contributed by atoms with Gasteiger partial charge in [-0.2, -0.15) is 0 Å². The average Bonchev–Trinajstić information content (AvgIpc) is 2.93. The van der Waals surface area contributed by atoms with E-state index in [2.05, 4.69) is 374 Å². The molecule has 14 aromatic carbocycles. The summed E-state index contributed by atoms with van der Waals surface area (Å²) < 4.78 is 0. The Morgan fingerprint density at radius 2 is 0.381 bits per heavy atom. The van der Waals surface area contributed by atoms with E-state index in [1.54, 1.807) is 0 Å². The SMILES string of the molecule is c1ccc([Si](c2ccccc2)(c2ccccc2)c2ccc(N(c3ccc(-c4ccc(N(c5ccc([Si](c6ccccc6)(c6ccccc6)c6ccccc6)cc5)c5cccc6ccccc56)cc4)cc3)c3cccc4ccccc34)cc2)cc1. The van der Waals surface area contributed by atoms with E-state index >= 15 is 0 Å². The molecule has 0 aliphatic carbocycles. The fraction of sp³-hybridized carbons (Fsp3) is 0. The minimum atomic E-state index is -2.73. The van der Waals surface area contributed by atoms with Crippen LogP contribution >= 0.6 is 0 Å². The van der Waals surface area contributed by atoms with Crippen molar-refractivity contribution in [2.45, 2.75) is 0 Å². The molecular formula is C80H60N2Si2. The monoisotopic (exact) mass is 1100 g/mol. The second-order valence-corrected chi connectivity index (χ2v) is 29.2. The Labute approximate surface area is 495 Å². The third-order valence-corrected chi connectivity index (χ3v) is 26.6. The maximum atomic E-state index is 2.43. The fourth-order valence-corrected chi connectivity index (χ4v) is 22.6. The Bertz CT molecular complexity index is 3990. The number of hydrogen-bond donors (Lipinski definition) is 0. The van der Waals surface area contributed by atoms with Gasteiger partial charge in [0.15, 0.2) is 16.1 Å². The summed E-state index contributed by atoms with van der Waals surface area (Å²) in [5.41, 5.74) is 8.92. The molecule has 4 heteroatoms. The van der Waals surface area contributed by atoms with E-state index in [0.29, 0.717) is 0 Å². The minimum Gasteiger partial charge on any atom is -0.310 e. The number of hydrogen-bond acceptors (Lipinski definition) is 2. The number of fused-ring (bicyclic) bond motifs is 2. The highest BCUT2D eigenvalue weighted by molar-refractivity contribution is 7.20. The lowest BCUT2D eigenvalue weighted by molar-refractivity contribution is 1.29. The Balaban J connectivity index is 0.844. The van der Waals surface area contributed by atoms with Crippen molar-refractivity contribution in [3.8, 4) is 11.1 Å². The third-order valence-electron chi connectivity index (χ3n) is 17.0. The fourth-order valence-electron chi connectivity index (χ4n) is 13.1. The van der Waals surface area contributed by atoms with Crippen LogP contribution in [0, 0.1) is 0 Å². The molecule has 0 aromatic heterocycles. The highest BCUT2D eigenvalue weighted by Gasteiger charge is 2.43. The van der Waals surface area contributed by atoms with Crippen molar-refractivity contribution in [3.63, 3.8) is 0 Å². The molecule has 0 spiro atoms. The Hall–Kier alpha value is -10.4. The molecule has 0 saturated carbocycles. The van der Waals surface area contributed by atoms with Gasteiger partial charge in [0.2, 0.25) is 0 Å². The molecule has 0 fully saturated rings. The highest BCUT2D eigenvalue weighted by atomic mass is 28.3. The Morgan fingerprint density at radius 1 is 0.167 bits per heavy atom. The van der Waals surface area contributed by atoms with Gasteiger partial charge in [0.25, 0.3) is 0 Å². The maximum absolute atomic E-state index is 2.73. The van der Waals surface area contributed by atoms with Crippen LogP contribution < -0.4 is 51.3 Å². The van der Waals surface area contributed by atoms with Gasteiger partial charge < -0.3 is 9.80 Å². The van der Waals surface area contributed by atoms with Crippen LogP contribution in [0.2, 0.25) is 0 Å². The summed E-state index contributed by atoms with van der Waals surface area (Å²) in [5.74, 6) is 0. The van der Waals surface area contributed by atoms with Crippen molar-refractivity contribution < 1.29 is 0 Å². The van der Waals surface area contributed by atoms with E-state index in [9.17, 15) is 0 Å². The van der Waals surface area contributed by atoms with Gasteiger partial charge in [-0.3, -0.25) is 0 Å². The van der Waals surface area contributed by atoms with Gasteiger partial charge in [-0.15, -0.1) is 0 Å². The zero-order valence-corrected chi connectivity index (χ0v) is 48.5. The first-order valence-electron chi connectivity index (χ1n) is 29.0. The van der Waals surface area contributed by atoms with E-state index in [4.69, 9.17) is 0 Å². The summed E-state index contributed by atoms with van der Waals surface area (Å²) in [6, 6.07) is 135. The van der Waals surface area contributed by atoms with Crippen LogP contribution in [0.4, 0.5) is 34.1 Å². The van der Waals surface area contributed by atoms with Crippen molar-refractivity contribution in [3.05, 3.63) is 364 Å². The first kappa shape index (κ1) is 51.8. The van der Waals surface area contributed by atoms with Crippen LogP contribution in [0.15, 0.2) is 364 Å². The predicted octanol–water partition coefficient (Wildman–Crippen LogP) is 15.4. The zero-order valence-electron chi connectivity index (χ0n) is 46.5. The van der Waals surface area contributed by atoms with Crippen molar-refractivity contribution >= 4 is 113 Å². The zero-order chi connectivity index (χ0) is 56.1. The van der Waals surface area contributed by atoms with Gasteiger partial charge in [0.1, 0.15) is 0 Å². The molecule has 0 bridgehead atoms. The summed E-state index contributed by atoms with van der Waals surface area (Å²) in [4.78, 5) is 4.85. The Kier molecular flexibility index (Phi) is 14.1. The van der Waals surface area contributed by atoms with Crippen molar-refractivity contribution in [2.75, 3.05) is 9.80 Å². The topological polar surface area (TPSA) is 6.48 Å². The summed E-state index contributed by atoms with van der Waals surface area (Å²) in [5, 5.41) is 15.6. The standard InChI is InChI=1S/C80H60N2Si2/c1-7-29-69(30-8-1)83(70-31-9-2-10-32-70,71-33-11-3-12-34-71)75-57-53-67(54-58-75)81(79-43-23-27-63-25-19-21-41-77(63)79)65-49-45-61(46-50-65)62-47-51-66(52-48-62)82(80-44-24-28-64-26-20-22-42-78(64)80)68-55-59-76(60-56-68)84(72-35-13-4-14-36-72,73-37-15-5-16-38-73)74-39-17-6-18-40-74/h1-60H. The molecule has 398 valence electrons. The molecule has 0 aliphatic rings. The van der Waals surface area contributed by atoms with E-state index in [-0.39, 0.29) is 0 Å². The molecule has 0 saturated heterocycles. The Morgan fingerprint density at radius 3 is 0.655 bits per heavy atom. The lowest BCUT2D eigenvalue weighted by Crippen LogP contribution is -2.74. The minimum absolute atomic E-state index is 1.08. The first-order valence-corrected chi connectivity index (χ1v) is 33.0. The molecular weight excluding hydrogens is 1050 g/mol. The van der Waals surface area contributed by atoms with Crippen LogP contribution in [0.1, 0.15) is 0 Å². The van der Waals surface area contributed by atoms with Crippen molar-refractivity contribution in [1.29, 1.82) is 0 Å². The summed E-state index contributed by atoms with van der Waals surface area (Å²) in [6.07, 6.45) is 0. The average molecular weight is 1110 g/mol. The van der Waals surface area contributed by atoms with Crippen molar-refractivity contribution in [1.82, 2.24) is 0 Å². The second kappa shape index (κ2) is 22.9. The smallest absolute Gasteiger partial charge is 0.179 e. The molecule has 14 aromatic rings. The number of nitrogens with zero attached hydrogens (tertiary/aromatic N) is 2. The number of benzene rings is 14. The summed E-state index contributed by atoms with van der Waals surface area (Å²) >= 11 is 0. The molecule has 2 nitrogen and oxygen atoms in total. The van der Waals surface area contributed by atoms with Crippen LogP contribution in [0.5, 0.6) is 0 Å². The molecule has 0 amide bonds. The molecule has 0 aliphatic heterocycles. The normalized spacial score (nSPS) is 11.6. The molecule has 0 heterocycles. The van der Waals surface area contributed by atoms with Crippen LogP contribution in [-0.2, 0) is 0 Å². The van der Waals surface area contributed by atoms with Crippen molar-refractivity contribution in [2.24, 2.45) is 0 Å². The van der Waals surface area contributed by atoms with Gasteiger partial charge >= 0.3 is 0 Å². The molecule has 0 radical (unpaired) electrons. The third kappa shape index (κ3) is 9.34. The van der Waals surface area contributed by atoms with Crippen LogP contribution in [0.25, 0.3) is 32.7 Å². The molecule has 84 heavy (non-hydrogen) atoms. The van der Waals surface area contributed by atoms with Crippen LogP contribution in [0.3, 0.4) is 0 Å². The van der Waals surface area contributed by atoms with E-state index in [0.717, 1.165) is 45.3 Å². The molecule has 14 rings (SSSR count). The quantitative estimate of drug-likeness (QED) is 0.0746. The van der Waals surface area contributed by atoms with E-state index < -0.39 is 16.1 Å². The lowest BCUT2D eigenvalue weighted by atomic mass is 10.0. The van der Waals surface area contributed by atoms with Gasteiger partial charge in [-0.1, -0.05) is 303 Å². The number of anilines is 6. The largest absolute Gasteiger partial charge is 0.310 e. The number of rotatable bonds is 15. The molecule has 0 unspecified atom stereocenters. The summed E-state index contributed by atoms with van der Waals surface area (Å²) in [7, 11) is -5.46. The van der Waals surface area contributed by atoms with E-state index in [1.165, 1.54) is 63.0 Å². The second-order valence-electron chi connectivity index (χ2n) is 21.6. The van der Waals surface area contributed by atoms with Gasteiger partial charge in [0.05, 0.1) is 11.4 Å². The lowest BCUT2D eigenvalue weighted by Gasteiger charge is -2.35. The van der Waals surface area contributed by atoms with E-state index in [1.807, 2.05) is 0 Å². The predicted molar refractivity (Wildman–Crippen MR) is 363 cm³/mol. The summed E-state index contributed by atoms with van der Waals surface area (Å²) in [6.45, 7) is 0. The molecule has 0 atom stereocenters. The molecule has 0 N–H and O–H groups in total. The highest BCUT2D eigenvalue weighted by Crippen LogP contribution is 2.42. The van der Waals surface area contributed by atoms with Crippen LogP contribution in [-0.4, -0.2) is 16.1 Å². The van der Waals surface area contributed by atoms with Gasteiger partial charge in [-0.25, -0.2) is 0 Å². The van der Waals surface area contributed by atoms with Gasteiger partial charge in [0, 0.05) is 33.5 Å².